The molecule has 120 valence electrons. The van der Waals surface area contributed by atoms with Crippen LogP contribution < -0.4 is 4.90 Å². The number of aromatic nitrogens is 1. The maximum absolute atomic E-state index is 12.0. The number of benzene rings is 2. The minimum Gasteiger partial charge on any atom is -0.274 e. The van der Waals surface area contributed by atoms with E-state index in [1.54, 1.807) is 24.3 Å². The van der Waals surface area contributed by atoms with Crippen LogP contribution in [0.1, 0.15) is 13.8 Å². The first-order valence-electron chi connectivity index (χ1n) is 7.18. The molecule has 3 aromatic rings. The lowest BCUT2D eigenvalue weighted by atomic mass is 10.1. The fraction of sp³-hybridized carbons (Fsp3) is 0.118. The Labute approximate surface area is 136 Å². The van der Waals surface area contributed by atoms with Gasteiger partial charge in [-0.15, -0.1) is 0 Å². The third-order valence-electron chi connectivity index (χ3n) is 3.70. The van der Waals surface area contributed by atoms with Gasteiger partial charge in [-0.25, -0.2) is 9.88 Å². The first kappa shape index (κ1) is 15.5. The Balaban J connectivity index is 2.48. The number of carbonyl (C=O) groups is 2. The highest BCUT2D eigenvalue weighted by atomic mass is 16.6. The van der Waals surface area contributed by atoms with Gasteiger partial charge in [0.1, 0.15) is 0 Å². The van der Waals surface area contributed by atoms with Crippen LogP contribution in [0.4, 0.5) is 11.4 Å². The minimum absolute atomic E-state index is 0.103. The number of rotatable bonds is 2. The number of fused-ring (bicyclic) bond motifs is 2. The molecule has 0 saturated carbocycles. The van der Waals surface area contributed by atoms with Crippen LogP contribution in [0.5, 0.6) is 0 Å². The SMILES string of the molecule is CC(=O)N(C(C)=O)c1c2ccccc2nc2cc([N+](=O)[O-])ccc12. The van der Waals surface area contributed by atoms with Crippen LogP contribution in [0.15, 0.2) is 42.5 Å². The summed E-state index contributed by atoms with van der Waals surface area (Å²) in [6.07, 6.45) is 0. The molecule has 0 bridgehead atoms. The number of hydrogen-bond donors (Lipinski definition) is 0. The zero-order chi connectivity index (χ0) is 17.4. The van der Waals surface area contributed by atoms with Crippen LogP contribution in [0.3, 0.4) is 0 Å². The van der Waals surface area contributed by atoms with Crippen molar-refractivity contribution in [2.45, 2.75) is 13.8 Å². The van der Waals surface area contributed by atoms with Crippen LogP contribution in [-0.4, -0.2) is 21.7 Å². The highest BCUT2D eigenvalue weighted by Gasteiger charge is 2.23. The second-order valence-electron chi connectivity index (χ2n) is 5.31. The number of carbonyl (C=O) groups excluding carboxylic acids is 2. The summed E-state index contributed by atoms with van der Waals surface area (Å²) in [6.45, 7) is 2.60. The predicted molar refractivity (Wildman–Crippen MR) is 89.7 cm³/mol. The highest BCUT2D eigenvalue weighted by Crippen LogP contribution is 2.35. The molecule has 0 unspecified atom stereocenters. The van der Waals surface area contributed by atoms with Crippen molar-refractivity contribution in [1.82, 2.24) is 4.98 Å². The zero-order valence-corrected chi connectivity index (χ0v) is 13.0. The molecule has 3 rings (SSSR count). The summed E-state index contributed by atoms with van der Waals surface area (Å²) in [6, 6.07) is 11.2. The Morgan fingerprint density at radius 1 is 1.00 bits per heavy atom. The normalized spacial score (nSPS) is 10.8. The summed E-state index contributed by atoms with van der Waals surface area (Å²) in [5, 5.41) is 12.1. The van der Waals surface area contributed by atoms with Crippen molar-refractivity contribution in [1.29, 1.82) is 0 Å². The van der Waals surface area contributed by atoms with E-state index in [2.05, 4.69) is 4.98 Å². The summed E-state index contributed by atoms with van der Waals surface area (Å²) >= 11 is 0. The quantitative estimate of drug-likeness (QED) is 0.410. The van der Waals surface area contributed by atoms with Crippen molar-refractivity contribution in [3.63, 3.8) is 0 Å². The largest absolute Gasteiger partial charge is 0.274 e. The summed E-state index contributed by atoms with van der Waals surface area (Å²) in [5.74, 6) is -0.864. The van der Waals surface area contributed by atoms with Crippen LogP contribution >= 0.6 is 0 Å². The summed E-state index contributed by atoms with van der Waals surface area (Å²) in [5.41, 5.74) is 1.19. The second-order valence-corrected chi connectivity index (χ2v) is 5.31. The molecule has 0 atom stereocenters. The first-order valence-corrected chi connectivity index (χ1v) is 7.18. The van der Waals surface area contributed by atoms with Crippen molar-refractivity contribution in [3.8, 4) is 0 Å². The van der Waals surface area contributed by atoms with E-state index < -0.39 is 16.7 Å². The number of non-ortho nitro benzene ring substituents is 1. The number of nitro benzene ring substituents is 1. The maximum atomic E-state index is 12.0. The van der Waals surface area contributed by atoms with Crippen molar-refractivity contribution >= 4 is 45.0 Å². The van der Waals surface area contributed by atoms with Crippen molar-refractivity contribution in [3.05, 3.63) is 52.6 Å². The molecular formula is C17H13N3O4. The smallest absolute Gasteiger partial charge is 0.271 e. The Hall–Kier alpha value is -3.35. The van der Waals surface area contributed by atoms with Gasteiger partial charge in [0.2, 0.25) is 11.8 Å². The summed E-state index contributed by atoms with van der Waals surface area (Å²) in [4.78, 5) is 40.0. The van der Waals surface area contributed by atoms with Crippen LogP contribution in [0.2, 0.25) is 0 Å². The topological polar surface area (TPSA) is 93.4 Å². The monoisotopic (exact) mass is 323 g/mol. The Bertz CT molecular complexity index is 999. The van der Waals surface area contributed by atoms with Gasteiger partial charge in [-0.1, -0.05) is 18.2 Å². The Kier molecular flexibility index (Phi) is 3.69. The number of nitrogens with zero attached hydrogens (tertiary/aromatic N) is 3. The molecule has 2 aromatic carbocycles. The molecule has 7 heteroatoms. The van der Waals surface area contributed by atoms with Gasteiger partial charge >= 0.3 is 0 Å². The van der Waals surface area contributed by atoms with Gasteiger partial charge in [0.05, 0.1) is 21.6 Å². The molecule has 0 fully saturated rings. The lowest BCUT2D eigenvalue weighted by Gasteiger charge is -2.21. The molecule has 2 amide bonds. The van der Waals surface area contributed by atoms with Crippen molar-refractivity contribution < 1.29 is 14.5 Å². The lowest BCUT2D eigenvalue weighted by molar-refractivity contribution is -0.384. The average Bonchev–Trinajstić information content (AvgIpc) is 2.53. The van der Waals surface area contributed by atoms with Gasteiger partial charge in [0, 0.05) is 36.8 Å². The standard InChI is InChI=1S/C17H13N3O4/c1-10(21)19(11(2)22)17-13-5-3-4-6-15(13)18-16-9-12(20(23)24)7-8-14(16)17/h3-9H,1-2H3. The molecule has 0 radical (unpaired) electrons. The molecule has 0 aliphatic carbocycles. The number of imide groups is 1. The van der Waals surface area contributed by atoms with Gasteiger partial charge in [0.15, 0.2) is 0 Å². The summed E-state index contributed by atoms with van der Waals surface area (Å²) < 4.78 is 0. The molecule has 0 saturated heterocycles. The number of amides is 2. The molecule has 0 aliphatic rings. The minimum atomic E-state index is -0.510. The number of pyridine rings is 1. The van der Waals surface area contributed by atoms with Gasteiger partial charge in [-0.3, -0.25) is 19.7 Å². The highest BCUT2D eigenvalue weighted by molar-refractivity contribution is 6.23. The van der Waals surface area contributed by atoms with Crippen molar-refractivity contribution in [2.24, 2.45) is 0 Å². The molecule has 7 nitrogen and oxygen atoms in total. The number of para-hydroxylation sites is 1. The molecule has 0 aliphatic heterocycles. The summed E-state index contributed by atoms with van der Waals surface area (Å²) in [7, 11) is 0. The van der Waals surface area contributed by atoms with Crippen molar-refractivity contribution in [2.75, 3.05) is 4.90 Å². The van der Waals surface area contributed by atoms with Gasteiger partial charge < -0.3 is 0 Å². The molecule has 1 aromatic heterocycles. The lowest BCUT2D eigenvalue weighted by Crippen LogP contribution is -2.33. The van der Waals surface area contributed by atoms with E-state index in [0.717, 1.165) is 4.90 Å². The number of hydrogen-bond acceptors (Lipinski definition) is 5. The average molecular weight is 323 g/mol. The van der Waals surface area contributed by atoms with E-state index in [0.29, 0.717) is 27.5 Å². The second kappa shape index (κ2) is 5.69. The van der Waals surface area contributed by atoms with E-state index in [4.69, 9.17) is 0 Å². The fourth-order valence-electron chi connectivity index (χ4n) is 2.75. The first-order chi connectivity index (χ1) is 11.4. The zero-order valence-electron chi connectivity index (χ0n) is 13.0. The molecule has 24 heavy (non-hydrogen) atoms. The maximum Gasteiger partial charge on any atom is 0.271 e. The third-order valence-corrected chi connectivity index (χ3v) is 3.70. The molecule has 1 heterocycles. The Morgan fingerprint density at radius 2 is 1.62 bits per heavy atom. The van der Waals surface area contributed by atoms with Gasteiger partial charge in [-0.05, 0) is 12.1 Å². The van der Waals surface area contributed by atoms with E-state index in [9.17, 15) is 19.7 Å². The van der Waals surface area contributed by atoms with E-state index in [1.165, 1.54) is 32.0 Å². The fourth-order valence-corrected chi connectivity index (χ4v) is 2.75. The van der Waals surface area contributed by atoms with Crippen LogP contribution in [0.25, 0.3) is 21.8 Å². The van der Waals surface area contributed by atoms with E-state index >= 15 is 0 Å². The molecular weight excluding hydrogens is 310 g/mol. The number of anilines is 1. The van der Waals surface area contributed by atoms with E-state index in [1.807, 2.05) is 0 Å². The Morgan fingerprint density at radius 3 is 2.25 bits per heavy atom. The van der Waals surface area contributed by atoms with E-state index in [-0.39, 0.29) is 5.69 Å². The molecule has 0 N–H and O–H groups in total. The predicted octanol–water partition coefficient (Wildman–Crippen LogP) is 3.20. The number of nitro groups is 1. The van der Waals surface area contributed by atoms with Gasteiger partial charge in [-0.2, -0.15) is 0 Å². The van der Waals surface area contributed by atoms with Crippen LogP contribution in [0, 0.1) is 10.1 Å². The molecule has 0 spiro atoms. The third kappa shape index (κ3) is 2.45. The van der Waals surface area contributed by atoms with Gasteiger partial charge in [0.25, 0.3) is 5.69 Å². The van der Waals surface area contributed by atoms with Crippen LogP contribution in [-0.2, 0) is 9.59 Å².